The average molecular weight is 393 g/mol. The Balaban J connectivity index is 1.61. The predicted molar refractivity (Wildman–Crippen MR) is 95.8 cm³/mol. The maximum Gasteiger partial charge on any atom is 0.401 e. The van der Waals surface area contributed by atoms with Gasteiger partial charge in [-0.15, -0.1) is 0 Å². The standard InChI is InChI=1S/C20H22F3N3O2/c1-12-15-9-14(10-25(15)7-8-26(12)11-20(21,22)23)17-16(18(17)19(27)24-28)13-5-3-2-4-6-13/h2-6,9-10,12,16-18,28H,7-8,11H2,1H3,(H,24,27). The average Bonchev–Trinajstić information content (AvgIpc) is 3.26. The van der Waals surface area contributed by atoms with Crippen LogP contribution in [0.4, 0.5) is 13.2 Å². The van der Waals surface area contributed by atoms with Crippen LogP contribution in [-0.4, -0.2) is 39.8 Å². The van der Waals surface area contributed by atoms with Gasteiger partial charge in [-0.05, 0) is 24.1 Å². The van der Waals surface area contributed by atoms with E-state index in [1.807, 2.05) is 47.2 Å². The van der Waals surface area contributed by atoms with E-state index in [1.165, 1.54) is 4.90 Å². The van der Waals surface area contributed by atoms with E-state index in [0.29, 0.717) is 13.1 Å². The van der Waals surface area contributed by atoms with Gasteiger partial charge in [0.25, 0.3) is 0 Å². The summed E-state index contributed by atoms with van der Waals surface area (Å²) in [5.41, 5.74) is 4.52. The van der Waals surface area contributed by atoms with Crippen molar-refractivity contribution < 1.29 is 23.2 Å². The van der Waals surface area contributed by atoms with Gasteiger partial charge in [0.1, 0.15) is 0 Å². The number of hydrogen-bond acceptors (Lipinski definition) is 3. The van der Waals surface area contributed by atoms with Crippen LogP contribution in [0.5, 0.6) is 0 Å². The van der Waals surface area contributed by atoms with Crippen molar-refractivity contribution in [1.82, 2.24) is 14.9 Å². The van der Waals surface area contributed by atoms with E-state index in [-0.39, 0.29) is 17.9 Å². The monoisotopic (exact) mass is 393 g/mol. The molecule has 5 nitrogen and oxygen atoms in total. The van der Waals surface area contributed by atoms with E-state index in [0.717, 1.165) is 16.8 Å². The van der Waals surface area contributed by atoms with Crippen molar-refractivity contribution in [1.29, 1.82) is 0 Å². The zero-order valence-electron chi connectivity index (χ0n) is 15.4. The molecule has 1 amide bonds. The van der Waals surface area contributed by atoms with Crippen LogP contribution in [0.1, 0.15) is 41.6 Å². The summed E-state index contributed by atoms with van der Waals surface area (Å²) < 4.78 is 40.5. The normalized spacial score (nSPS) is 27.3. The van der Waals surface area contributed by atoms with Crippen molar-refractivity contribution in [2.75, 3.05) is 13.1 Å². The molecule has 0 spiro atoms. The largest absolute Gasteiger partial charge is 0.401 e. The number of rotatable bonds is 4. The van der Waals surface area contributed by atoms with Crippen LogP contribution < -0.4 is 5.48 Å². The molecule has 1 aliphatic carbocycles. The minimum atomic E-state index is -4.23. The van der Waals surface area contributed by atoms with Crippen LogP contribution in [0.3, 0.4) is 0 Å². The van der Waals surface area contributed by atoms with E-state index in [2.05, 4.69) is 0 Å². The van der Waals surface area contributed by atoms with Gasteiger partial charge < -0.3 is 4.57 Å². The lowest BCUT2D eigenvalue weighted by Gasteiger charge is -2.35. The Morgan fingerprint density at radius 3 is 2.50 bits per heavy atom. The number of aromatic nitrogens is 1. The fourth-order valence-corrected chi connectivity index (χ4v) is 4.56. The van der Waals surface area contributed by atoms with Gasteiger partial charge in [0, 0.05) is 42.9 Å². The number of carbonyl (C=O) groups is 1. The molecular formula is C20H22F3N3O2. The molecule has 1 aliphatic heterocycles. The van der Waals surface area contributed by atoms with E-state index < -0.39 is 24.5 Å². The second-order valence-electron chi connectivity index (χ2n) is 7.62. The molecule has 2 aromatic rings. The Hall–Kier alpha value is -2.32. The number of hydroxylamine groups is 1. The first kappa shape index (κ1) is 19.0. The highest BCUT2D eigenvalue weighted by Crippen LogP contribution is 2.61. The number of nitrogens with zero attached hydrogens (tertiary/aromatic N) is 2. The molecule has 2 heterocycles. The first-order valence-corrected chi connectivity index (χ1v) is 9.30. The lowest BCUT2D eigenvalue weighted by atomic mass is 10.1. The molecule has 4 rings (SSSR count). The Kier molecular flexibility index (Phi) is 4.71. The second kappa shape index (κ2) is 6.93. The summed E-state index contributed by atoms with van der Waals surface area (Å²) in [6.45, 7) is 1.66. The number of benzene rings is 1. The third-order valence-corrected chi connectivity index (χ3v) is 5.94. The van der Waals surface area contributed by atoms with E-state index in [4.69, 9.17) is 5.21 Å². The second-order valence-corrected chi connectivity index (χ2v) is 7.62. The van der Waals surface area contributed by atoms with Crippen LogP contribution in [-0.2, 0) is 11.3 Å². The fraction of sp³-hybridized carbons (Fsp3) is 0.450. The van der Waals surface area contributed by atoms with Gasteiger partial charge >= 0.3 is 6.18 Å². The topological polar surface area (TPSA) is 57.5 Å². The summed E-state index contributed by atoms with van der Waals surface area (Å²) in [6, 6.07) is 11.2. The van der Waals surface area contributed by atoms with Crippen LogP contribution in [0.25, 0.3) is 0 Å². The molecule has 8 heteroatoms. The Morgan fingerprint density at radius 1 is 1.18 bits per heavy atom. The summed E-state index contributed by atoms with van der Waals surface area (Å²) in [5.74, 6) is -0.983. The molecule has 0 saturated heterocycles. The lowest BCUT2D eigenvalue weighted by molar-refractivity contribution is -0.152. The molecule has 1 saturated carbocycles. The predicted octanol–water partition coefficient (Wildman–Crippen LogP) is 3.43. The molecule has 2 aliphatic rings. The van der Waals surface area contributed by atoms with Crippen LogP contribution in [0.15, 0.2) is 42.6 Å². The zero-order valence-corrected chi connectivity index (χ0v) is 15.4. The molecule has 1 fully saturated rings. The number of fused-ring (bicyclic) bond motifs is 1. The maximum atomic E-state index is 12.8. The fourth-order valence-electron chi connectivity index (χ4n) is 4.56. The van der Waals surface area contributed by atoms with Crippen molar-refractivity contribution in [3.05, 3.63) is 59.4 Å². The van der Waals surface area contributed by atoms with Gasteiger partial charge in [-0.2, -0.15) is 13.2 Å². The van der Waals surface area contributed by atoms with Gasteiger partial charge in [0.15, 0.2) is 0 Å². The highest BCUT2D eigenvalue weighted by Gasteiger charge is 2.56. The molecular weight excluding hydrogens is 371 g/mol. The molecule has 150 valence electrons. The van der Waals surface area contributed by atoms with Crippen molar-refractivity contribution >= 4 is 5.91 Å². The molecule has 2 N–H and O–H groups in total. The van der Waals surface area contributed by atoms with Gasteiger partial charge in [-0.3, -0.25) is 14.9 Å². The number of alkyl halides is 3. The summed E-state index contributed by atoms with van der Waals surface area (Å²) >= 11 is 0. The molecule has 4 atom stereocenters. The Morgan fingerprint density at radius 2 is 1.86 bits per heavy atom. The number of nitrogens with one attached hydrogen (secondary N) is 1. The van der Waals surface area contributed by atoms with E-state index >= 15 is 0 Å². The lowest BCUT2D eigenvalue weighted by Crippen LogP contribution is -2.41. The minimum Gasteiger partial charge on any atom is -0.348 e. The quantitative estimate of drug-likeness (QED) is 0.618. The molecule has 28 heavy (non-hydrogen) atoms. The zero-order chi connectivity index (χ0) is 20.1. The smallest absolute Gasteiger partial charge is 0.348 e. The van der Waals surface area contributed by atoms with Gasteiger partial charge in [0.05, 0.1) is 12.5 Å². The Bertz CT molecular complexity index is 865. The van der Waals surface area contributed by atoms with Gasteiger partial charge in [-0.25, -0.2) is 5.48 Å². The van der Waals surface area contributed by atoms with Crippen molar-refractivity contribution in [3.63, 3.8) is 0 Å². The van der Waals surface area contributed by atoms with E-state index in [1.54, 1.807) is 12.4 Å². The number of carbonyl (C=O) groups excluding carboxylic acids is 1. The highest BCUT2D eigenvalue weighted by molar-refractivity contribution is 5.84. The minimum absolute atomic E-state index is 0.0561. The van der Waals surface area contributed by atoms with Crippen molar-refractivity contribution in [2.45, 2.75) is 37.5 Å². The summed E-state index contributed by atoms with van der Waals surface area (Å²) in [6.07, 6.45) is -2.28. The van der Waals surface area contributed by atoms with Crippen LogP contribution in [0.2, 0.25) is 0 Å². The van der Waals surface area contributed by atoms with Crippen LogP contribution >= 0.6 is 0 Å². The third kappa shape index (κ3) is 3.42. The molecule has 1 aromatic heterocycles. The number of amides is 1. The van der Waals surface area contributed by atoms with Gasteiger partial charge in [-0.1, -0.05) is 30.3 Å². The highest BCUT2D eigenvalue weighted by atomic mass is 19.4. The third-order valence-electron chi connectivity index (χ3n) is 5.94. The first-order chi connectivity index (χ1) is 13.3. The summed E-state index contributed by atoms with van der Waals surface area (Å²) in [7, 11) is 0. The maximum absolute atomic E-state index is 12.8. The molecule has 4 unspecified atom stereocenters. The number of halogens is 3. The van der Waals surface area contributed by atoms with Crippen molar-refractivity contribution in [3.8, 4) is 0 Å². The Labute approximate surface area is 160 Å². The molecule has 1 aromatic carbocycles. The SMILES string of the molecule is CC1c2cc(C3C(C(=O)NO)C3c3ccccc3)cn2CCN1CC(F)(F)F. The van der Waals surface area contributed by atoms with Crippen LogP contribution in [0, 0.1) is 5.92 Å². The number of hydrogen-bond donors (Lipinski definition) is 2. The summed E-state index contributed by atoms with van der Waals surface area (Å²) in [5, 5.41) is 9.10. The molecule has 0 bridgehead atoms. The van der Waals surface area contributed by atoms with E-state index in [9.17, 15) is 18.0 Å². The van der Waals surface area contributed by atoms with Gasteiger partial charge in [0.2, 0.25) is 5.91 Å². The molecule has 0 radical (unpaired) electrons. The first-order valence-electron chi connectivity index (χ1n) is 9.30. The summed E-state index contributed by atoms with van der Waals surface area (Å²) in [4.78, 5) is 13.6. The van der Waals surface area contributed by atoms with Crippen molar-refractivity contribution in [2.24, 2.45) is 5.92 Å².